The molecular formula is C29H42N2O6. The molecule has 37 heavy (non-hydrogen) atoms. The molecule has 0 radical (unpaired) electrons. The fraction of sp³-hybridized carbons (Fsp3) is 0.483. The Labute approximate surface area is 220 Å². The second-order valence-electron chi connectivity index (χ2n) is 9.34. The van der Waals surface area contributed by atoms with Gasteiger partial charge in [0.05, 0.1) is 17.9 Å². The van der Waals surface area contributed by atoms with Crippen LogP contribution < -0.4 is 11.1 Å². The summed E-state index contributed by atoms with van der Waals surface area (Å²) in [7, 11) is 4.86. The zero-order valence-electron chi connectivity index (χ0n) is 22.9. The number of benzene rings is 1. The van der Waals surface area contributed by atoms with E-state index in [1.807, 2.05) is 51.1 Å². The molecule has 0 aliphatic carbocycles. The number of aryl methyl sites for hydroxylation is 2. The highest BCUT2D eigenvalue weighted by Gasteiger charge is 2.26. The van der Waals surface area contributed by atoms with Gasteiger partial charge in [0.15, 0.2) is 6.10 Å². The molecule has 0 fully saturated rings. The van der Waals surface area contributed by atoms with Crippen molar-refractivity contribution in [1.82, 2.24) is 0 Å². The van der Waals surface area contributed by atoms with Gasteiger partial charge in [-0.25, -0.2) is 4.79 Å². The van der Waals surface area contributed by atoms with Crippen molar-refractivity contribution in [3.05, 3.63) is 71.0 Å². The molecule has 1 aromatic carbocycles. The summed E-state index contributed by atoms with van der Waals surface area (Å²) in [6, 6.07) is 3.90. The van der Waals surface area contributed by atoms with Crippen LogP contribution in [0, 0.1) is 6.92 Å². The first kappa shape index (κ1) is 30.2. The van der Waals surface area contributed by atoms with Gasteiger partial charge in [-0.05, 0) is 74.8 Å². The minimum absolute atomic E-state index is 0.166. The summed E-state index contributed by atoms with van der Waals surface area (Å²) in [5.41, 5.74) is 10.2. The maximum atomic E-state index is 11.7. The molecule has 0 saturated heterocycles. The van der Waals surface area contributed by atoms with Crippen LogP contribution in [-0.2, 0) is 25.4 Å². The molecule has 1 heterocycles. The third-order valence-corrected chi connectivity index (χ3v) is 6.63. The molecule has 1 aliphatic heterocycles. The standard InChI is InChI=1S/C29H42N2O6/c1-18-16-22-11-9-12-24(34-5)25(35-6)15-14-20(3)28(37-29(30)33)26(36-7)13-8-10-19(2)21(4)31-23(17-18)27(22)32/h8,10,13-14,16-17,24-26,28,31-32H,4,9,11-12,15H2,1-3,5-7H3,(H2,30,33)/b13-8-,19-10+,20-14+. The van der Waals surface area contributed by atoms with Crippen LogP contribution in [0.15, 0.2) is 59.9 Å². The average Bonchev–Trinajstić information content (AvgIpc) is 2.86. The van der Waals surface area contributed by atoms with Gasteiger partial charge in [-0.15, -0.1) is 0 Å². The van der Waals surface area contributed by atoms with Crippen molar-refractivity contribution in [2.45, 2.75) is 70.9 Å². The Morgan fingerprint density at radius 1 is 1.11 bits per heavy atom. The number of nitrogens with two attached hydrogens (primary N) is 1. The quantitative estimate of drug-likeness (QED) is 0.369. The number of ether oxygens (including phenoxy) is 4. The van der Waals surface area contributed by atoms with Crippen molar-refractivity contribution < 1.29 is 28.8 Å². The van der Waals surface area contributed by atoms with Crippen LogP contribution in [-0.4, -0.2) is 56.9 Å². The van der Waals surface area contributed by atoms with Crippen LogP contribution in [0.3, 0.4) is 0 Å². The van der Waals surface area contributed by atoms with Crippen LogP contribution >= 0.6 is 0 Å². The molecule has 0 saturated carbocycles. The molecule has 4 atom stereocenters. The molecule has 0 aromatic heterocycles. The molecule has 1 aromatic rings. The van der Waals surface area contributed by atoms with E-state index < -0.39 is 18.3 Å². The summed E-state index contributed by atoms with van der Waals surface area (Å²) in [5.74, 6) is 0.217. The molecule has 1 aliphatic rings. The van der Waals surface area contributed by atoms with E-state index in [9.17, 15) is 9.90 Å². The van der Waals surface area contributed by atoms with Crippen molar-refractivity contribution in [3.8, 4) is 5.75 Å². The monoisotopic (exact) mass is 514 g/mol. The van der Waals surface area contributed by atoms with Gasteiger partial charge in [0.25, 0.3) is 0 Å². The Balaban J connectivity index is 2.50. The number of amides is 1. The summed E-state index contributed by atoms with van der Waals surface area (Å²) < 4.78 is 22.6. The summed E-state index contributed by atoms with van der Waals surface area (Å²) in [6.07, 6.45) is 7.65. The third kappa shape index (κ3) is 8.77. The van der Waals surface area contributed by atoms with E-state index in [0.717, 1.165) is 35.1 Å². The van der Waals surface area contributed by atoms with Crippen molar-refractivity contribution in [3.63, 3.8) is 0 Å². The van der Waals surface area contributed by atoms with Crippen LogP contribution in [0.2, 0.25) is 0 Å². The normalized spacial score (nSPS) is 27.8. The number of primary amides is 1. The predicted molar refractivity (Wildman–Crippen MR) is 147 cm³/mol. The van der Waals surface area contributed by atoms with Gasteiger partial charge in [0.2, 0.25) is 0 Å². The highest BCUT2D eigenvalue weighted by molar-refractivity contribution is 5.66. The van der Waals surface area contributed by atoms with Crippen LogP contribution in [0.4, 0.5) is 10.5 Å². The largest absolute Gasteiger partial charge is 0.505 e. The predicted octanol–water partition coefficient (Wildman–Crippen LogP) is 5.31. The Hall–Kier alpha value is -3.07. The highest BCUT2D eigenvalue weighted by Crippen LogP contribution is 2.32. The van der Waals surface area contributed by atoms with Gasteiger partial charge in [-0.2, -0.15) is 0 Å². The lowest BCUT2D eigenvalue weighted by molar-refractivity contribution is -0.0387. The molecule has 4 N–H and O–H groups in total. The first-order chi connectivity index (χ1) is 17.6. The molecule has 0 spiro atoms. The Morgan fingerprint density at radius 3 is 2.43 bits per heavy atom. The van der Waals surface area contributed by atoms with Crippen molar-refractivity contribution in [2.24, 2.45) is 5.73 Å². The highest BCUT2D eigenvalue weighted by atomic mass is 16.6. The number of phenols is 1. The number of hydrogen-bond acceptors (Lipinski definition) is 7. The Bertz CT molecular complexity index is 1030. The lowest BCUT2D eigenvalue weighted by Gasteiger charge is -2.26. The van der Waals surface area contributed by atoms with Crippen molar-refractivity contribution in [2.75, 3.05) is 26.6 Å². The number of phenolic OH excluding ortho intramolecular Hbond substituents is 1. The van der Waals surface area contributed by atoms with Crippen molar-refractivity contribution in [1.29, 1.82) is 0 Å². The zero-order valence-corrected chi connectivity index (χ0v) is 22.9. The first-order valence-electron chi connectivity index (χ1n) is 12.5. The van der Waals surface area contributed by atoms with Crippen molar-refractivity contribution >= 4 is 11.8 Å². The van der Waals surface area contributed by atoms with Crippen LogP contribution in [0.5, 0.6) is 5.75 Å². The molecule has 2 bridgehead atoms. The molecule has 1 amide bonds. The maximum absolute atomic E-state index is 11.7. The number of carbonyl (C=O) groups excluding carboxylic acids is 1. The molecule has 8 nitrogen and oxygen atoms in total. The number of methoxy groups -OCH3 is 3. The topological polar surface area (TPSA) is 112 Å². The van der Waals surface area contributed by atoms with E-state index in [-0.39, 0.29) is 18.0 Å². The fourth-order valence-corrected chi connectivity index (χ4v) is 4.43. The number of fused-ring (bicyclic) bond motifs is 2. The minimum atomic E-state index is -0.884. The van der Waals surface area contributed by atoms with Gasteiger partial charge in [0.1, 0.15) is 11.9 Å². The van der Waals surface area contributed by atoms with Gasteiger partial charge in [0, 0.05) is 27.0 Å². The van der Waals surface area contributed by atoms with Gasteiger partial charge >= 0.3 is 6.09 Å². The van der Waals surface area contributed by atoms with E-state index in [1.165, 1.54) is 0 Å². The molecule has 2 rings (SSSR count). The first-order valence-corrected chi connectivity index (χ1v) is 12.5. The number of carbonyl (C=O) groups is 1. The Kier molecular flexibility index (Phi) is 11.9. The second kappa shape index (κ2) is 14.6. The van der Waals surface area contributed by atoms with E-state index in [1.54, 1.807) is 27.4 Å². The van der Waals surface area contributed by atoms with Crippen LogP contribution in [0.1, 0.15) is 44.2 Å². The average molecular weight is 515 g/mol. The SMILES string of the molecule is C=C1Nc2cc(C)cc(c2O)CCCC(OC)C(OC)C/C=C(\C)C(OC(N)=O)C(OC)/C=C\C=C\1C. The van der Waals surface area contributed by atoms with Gasteiger partial charge in [-0.1, -0.05) is 36.9 Å². The van der Waals surface area contributed by atoms with Gasteiger partial charge in [-0.3, -0.25) is 0 Å². The van der Waals surface area contributed by atoms with E-state index >= 15 is 0 Å². The molecular weight excluding hydrogens is 472 g/mol. The summed E-state index contributed by atoms with van der Waals surface area (Å²) in [6.45, 7) is 9.91. The smallest absolute Gasteiger partial charge is 0.405 e. The number of hydrogen-bond donors (Lipinski definition) is 3. The lowest BCUT2D eigenvalue weighted by Crippen LogP contribution is -2.35. The number of anilines is 1. The second-order valence-corrected chi connectivity index (χ2v) is 9.34. The summed E-state index contributed by atoms with van der Waals surface area (Å²) in [5, 5.41) is 14.2. The minimum Gasteiger partial charge on any atom is -0.505 e. The maximum Gasteiger partial charge on any atom is 0.405 e. The number of rotatable bonds is 4. The fourth-order valence-electron chi connectivity index (χ4n) is 4.43. The zero-order chi connectivity index (χ0) is 27.5. The summed E-state index contributed by atoms with van der Waals surface area (Å²) >= 11 is 0. The van der Waals surface area contributed by atoms with E-state index in [4.69, 9.17) is 24.7 Å². The molecule has 4 unspecified atom stereocenters. The number of aromatic hydroxyl groups is 1. The van der Waals surface area contributed by atoms with Crippen LogP contribution in [0.25, 0.3) is 0 Å². The number of allylic oxidation sites excluding steroid dienone is 3. The molecule has 8 heteroatoms. The number of nitrogens with one attached hydrogen (secondary N) is 1. The van der Waals surface area contributed by atoms with Gasteiger partial charge < -0.3 is 35.1 Å². The Morgan fingerprint density at radius 2 is 1.81 bits per heavy atom. The van der Waals surface area contributed by atoms with E-state index in [0.29, 0.717) is 24.2 Å². The van der Waals surface area contributed by atoms with E-state index in [2.05, 4.69) is 11.9 Å². The summed E-state index contributed by atoms with van der Waals surface area (Å²) in [4.78, 5) is 11.7. The molecule has 204 valence electrons. The third-order valence-electron chi connectivity index (χ3n) is 6.63. The lowest BCUT2D eigenvalue weighted by atomic mass is 9.97.